The Morgan fingerprint density at radius 3 is 2.65 bits per heavy atom. The SMILES string of the molecule is C=CC(CCCC)(Cc1ncn[nH]1)c1ccc(Cl)cc1. The van der Waals surface area contributed by atoms with E-state index >= 15 is 0 Å². The number of nitrogens with one attached hydrogen (secondary N) is 1. The van der Waals surface area contributed by atoms with Crippen LogP contribution in [-0.4, -0.2) is 15.2 Å². The fraction of sp³-hybridized carbons (Fsp3) is 0.375. The molecule has 1 N–H and O–H groups in total. The Labute approximate surface area is 125 Å². The number of hydrogen-bond donors (Lipinski definition) is 1. The number of benzene rings is 1. The molecule has 20 heavy (non-hydrogen) atoms. The van der Waals surface area contributed by atoms with Gasteiger partial charge in [0.15, 0.2) is 0 Å². The minimum absolute atomic E-state index is 0.125. The lowest BCUT2D eigenvalue weighted by atomic mass is 9.73. The van der Waals surface area contributed by atoms with Crippen LogP contribution in [-0.2, 0) is 11.8 Å². The zero-order chi connectivity index (χ0) is 14.4. The summed E-state index contributed by atoms with van der Waals surface area (Å²) in [4.78, 5) is 4.26. The summed E-state index contributed by atoms with van der Waals surface area (Å²) >= 11 is 6.00. The minimum Gasteiger partial charge on any atom is -0.263 e. The molecule has 0 aliphatic carbocycles. The van der Waals surface area contributed by atoms with E-state index in [1.807, 2.05) is 18.2 Å². The van der Waals surface area contributed by atoms with Gasteiger partial charge in [0.2, 0.25) is 0 Å². The van der Waals surface area contributed by atoms with Crippen molar-refractivity contribution in [1.29, 1.82) is 0 Å². The summed E-state index contributed by atoms with van der Waals surface area (Å²) in [6, 6.07) is 8.02. The van der Waals surface area contributed by atoms with Gasteiger partial charge in [-0.3, -0.25) is 5.10 Å². The van der Waals surface area contributed by atoms with Crippen LogP contribution in [0.4, 0.5) is 0 Å². The van der Waals surface area contributed by atoms with Gasteiger partial charge in [0.25, 0.3) is 0 Å². The predicted molar refractivity (Wildman–Crippen MR) is 82.9 cm³/mol. The summed E-state index contributed by atoms with van der Waals surface area (Å²) in [6.45, 7) is 6.27. The van der Waals surface area contributed by atoms with Crippen LogP contribution >= 0.6 is 11.6 Å². The van der Waals surface area contributed by atoms with Gasteiger partial charge in [0.05, 0.1) is 0 Å². The smallest absolute Gasteiger partial charge is 0.137 e. The monoisotopic (exact) mass is 289 g/mol. The number of allylic oxidation sites excluding steroid dienone is 1. The molecule has 1 heterocycles. The van der Waals surface area contributed by atoms with Crippen molar-refractivity contribution in [3.63, 3.8) is 0 Å². The van der Waals surface area contributed by atoms with Gasteiger partial charge < -0.3 is 0 Å². The molecular formula is C16H20ClN3. The largest absolute Gasteiger partial charge is 0.263 e. The summed E-state index contributed by atoms with van der Waals surface area (Å²) < 4.78 is 0. The molecule has 106 valence electrons. The number of aromatic nitrogens is 3. The maximum absolute atomic E-state index is 6.00. The van der Waals surface area contributed by atoms with E-state index in [9.17, 15) is 0 Å². The maximum Gasteiger partial charge on any atom is 0.137 e. The highest BCUT2D eigenvalue weighted by Gasteiger charge is 2.29. The summed E-state index contributed by atoms with van der Waals surface area (Å²) in [5, 5.41) is 7.64. The van der Waals surface area contributed by atoms with Crippen LogP contribution in [0.15, 0.2) is 43.2 Å². The Morgan fingerprint density at radius 2 is 2.10 bits per heavy atom. The molecule has 2 aromatic rings. The normalized spacial score (nSPS) is 13.9. The Kier molecular flexibility index (Phi) is 4.96. The molecule has 0 aliphatic rings. The summed E-state index contributed by atoms with van der Waals surface area (Å²) in [7, 11) is 0. The van der Waals surface area contributed by atoms with Crippen molar-refractivity contribution in [2.24, 2.45) is 0 Å². The Morgan fingerprint density at radius 1 is 1.35 bits per heavy atom. The van der Waals surface area contributed by atoms with Gasteiger partial charge in [-0.2, -0.15) is 5.10 Å². The van der Waals surface area contributed by atoms with E-state index in [2.05, 4.69) is 40.8 Å². The van der Waals surface area contributed by atoms with E-state index < -0.39 is 0 Å². The molecule has 1 aromatic carbocycles. The molecular weight excluding hydrogens is 270 g/mol. The molecule has 3 nitrogen and oxygen atoms in total. The second kappa shape index (κ2) is 6.71. The van der Waals surface area contributed by atoms with Gasteiger partial charge in [-0.25, -0.2) is 4.98 Å². The zero-order valence-electron chi connectivity index (χ0n) is 11.8. The van der Waals surface area contributed by atoms with Gasteiger partial charge in [-0.1, -0.05) is 49.6 Å². The van der Waals surface area contributed by atoms with Crippen molar-refractivity contribution in [3.05, 3.63) is 59.7 Å². The molecule has 1 atom stereocenters. The van der Waals surface area contributed by atoms with Crippen LogP contribution in [0.5, 0.6) is 0 Å². The first-order valence-corrected chi connectivity index (χ1v) is 7.32. The average Bonchev–Trinajstić information content (AvgIpc) is 2.97. The third kappa shape index (κ3) is 3.28. The molecule has 0 saturated carbocycles. The fourth-order valence-electron chi connectivity index (χ4n) is 2.52. The van der Waals surface area contributed by atoms with Gasteiger partial charge in [-0.05, 0) is 24.1 Å². The van der Waals surface area contributed by atoms with Crippen LogP contribution in [0.2, 0.25) is 5.02 Å². The topological polar surface area (TPSA) is 41.6 Å². The Hall–Kier alpha value is -1.61. The number of aromatic amines is 1. The lowest BCUT2D eigenvalue weighted by Gasteiger charge is -2.30. The zero-order valence-corrected chi connectivity index (χ0v) is 12.5. The van der Waals surface area contributed by atoms with Crippen LogP contribution < -0.4 is 0 Å². The molecule has 0 saturated heterocycles. The quantitative estimate of drug-likeness (QED) is 0.772. The van der Waals surface area contributed by atoms with Gasteiger partial charge in [-0.15, -0.1) is 6.58 Å². The number of halogens is 1. The summed E-state index contributed by atoms with van der Waals surface area (Å²) in [5.41, 5.74) is 1.10. The van der Waals surface area contributed by atoms with E-state index in [-0.39, 0.29) is 5.41 Å². The first-order chi connectivity index (χ1) is 9.70. The van der Waals surface area contributed by atoms with Crippen LogP contribution in [0.3, 0.4) is 0 Å². The summed E-state index contributed by atoms with van der Waals surface area (Å²) in [6.07, 6.45) is 7.69. The standard InChI is InChI=1S/C16H20ClN3/c1-3-5-10-16(4-2,11-15-18-12-19-20-15)13-6-8-14(17)9-7-13/h4,6-9,12H,2-3,5,10-11H2,1H3,(H,18,19,20). The highest BCUT2D eigenvalue weighted by Crippen LogP contribution is 2.35. The molecule has 0 radical (unpaired) electrons. The first-order valence-electron chi connectivity index (χ1n) is 6.94. The second-order valence-corrected chi connectivity index (χ2v) is 5.52. The van der Waals surface area contributed by atoms with Crippen LogP contribution in [0, 0.1) is 0 Å². The lowest BCUT2D eigenvalue weighted by molar-refractivity contribution is 0.456. The van der Waals surface area contributed by atoms with E-state index in [0.29, 0.717) is 0 Å². The van der Waals surface area contributed by atoms with Crippen molar-refractivity contribution in [3.8, 4) is 0 Å². The van der Waals surface area contributed by atoms with Crippen molar-refractivity contribution < 1.29 is 0 Å². The number of hydrogen-bond acceptors (Lipinski definition) is 2. The predicted octanol–water partition coefficient (Wildman–Crippen LogP) is 4.31. The van der Waals surface area contributed by atoms with Crippen LogP contribution in [0.1, 0.15) is 37.6 Å². The van der Waals surface area contributed by atoms with E-state index in [4.69, 9.17) is 11.6 Å². The number of nitrogens with zero attached hydrogens (tertiary/aromatic N) is 2. The van der Waals surface area contributed by atoms with Crippen molar-refractivity contribution in [2.45, 2.75) is 38.0 Å². The molecule has 0 fully saturated rings. The molecule has 2 rings (SSSR count). The highest BCUT2D eigenvalue weighted by atomic mass is 35.5. The van der Waals surface area contributed by atoms with Crippen molar-refractivity contribution in [1.82, 2.24) is 15.2 Å². The second-order valence-electron chi connectivity index (χ2n) is 5.08. The van der Waals surface area contributed by atoms with Crippen LogP contribution in [0.25, 0.3) is 0 Å². The lowest BCUT2D eigenvalue weighted by Crippen LogP contribution is -2.27. The summed E-state index contributed by atoms with van der Waals surface area (Å²) in [5.74, 6) is 0.885. The van der Waals surface area contributed by atoms with E-state index in [1.54, 1.807) is 6.33 Å². The molecule has 0 bridgehead atoms. The Bertz CT molecular complexity index is 533. The van der Waals surface area contributed by atoms with Gasteiger partial charge >= 0.3 is 0 Å². The number of rotatable bonds is 7. The molecule has 0 spiro atoms. The minimum atomic E-state index is -0.125. The molecule has 1 unspecified atom stereocenters. The fourth-order valence-corrected chi connectivity index (χ4v) is 2.64. The Balaban J connectivity index is 2.35. The molecule has 0 aliphatic heterocycles. The third-order valence-corrected chi connectivity index (χ3v) is 3.99. The van der Waals surface area contributed by atoms with E-state index in [1.165, 1.54) is 5.56 Å². The van der Waals surface area contributed by atoms with Gasteiger partial charge in [0.1, 0.15) is 12.2 Å². The van der Waals surface area contributed by atoms with Crippen molar-refractivity contribution >= 4 is 11.6 Å². The molecule has 0 amide bonds. The number of H-pyrrole nitrogens is 1. The maximum atomic E-state index is 6.00. The third-order valence-electron chi connectivity index (χ3n) is 3.73. The van der Waals surface area contributed by atoms with Crippen molar-refractivity contribution in [2.75, 3.05) is 0 Å². The molecule has 4 heteroatoms. The molecule has 1 aromatic heterocycles. The van der Waals surface area contributed by atoms with E-state index in [0.717, 1.165) is 36.5 Å². The highest BCUT2D eigenvalue weighted by molar-refractivity contribution is 6.30. The van der Waals surface area contributed by atoms with Gasteiger partial charge in [0, 0.05) is 16.9 Å². The number of unbranched alkanes of at least 4 members (excludes halogenated alkanes) is 1. The first kappa shape index (κ1) is 14.8. The average molecular weight is 290 g/mol.